The number of hydrogen-bond donors (Lipinski definition) is 1. The minimum absolute atomic E-state index is 0.219. The van der Waals surface area contributed by atoms with Gasteiger partial charge in [0.05, 0.1) is 6.61 Å². The van der Waals surface area contributed by atoms with Crippen molar-refractivity contribution in [3.05, 3.63) is 29.8 Å². The van der Waals surface area contributed by atoms with E-state index in [4.69, 9.17) is 10.5 Å². The Bertz CT molecular complexity index is 449. The Balaban J connectivity index is 2.38. The molecule has 2 rings (SSSR count). The van der Waals surface area contributed by atoms with Crippen LogP contribution in [0, 0.1) is 11.3 Å². The monoisotopic (exact) mass is 275 g/mol. The Morgan fingerprint density at radius 1 is 1.30 bits per heavy atom. The molecule has 0 heterocycles. The summed E-state index contributed by atoms with van der Waals surface area (Å²) in [5.74, 6) is 1.45. The fourth-order valence-electron chi connectivity index (χ4n) is 3.79. The molecule has 112 valence electrons. The van der Waals surface area contributed by atoms with E-state index in [-0.39, 0.29) is 11.0 Å². The highest BCUT2D eigenvalue weighted by atomic mass is 16.5. The van der Waals surface area contributed by atoms with Crippen molar-refractivity contribution < 1.29 is 4.74 Å². The third-order valence-corrected chi connectivity index (χ3v) is 4.68. The first-order chi connectivity index (χ1) is 9.38. The number of benzene rings is 1. The summed E-state index contributed by atoms with van der Waals surface area (Å²) in [6.45, 7) is 9.66. The van der Waals surface area contributed by atoms with Crippen LogP contribution in [0.2, 0.25) is 0 Å². The lowest BCUT2D eigenvalue weighted by Gasteiger charge is -2.48. The van der Waals surface area contributed by atoms with Gasteiger partial charge in [-0.25, -0.2) is 0 Å². The van der Waals surface area contributed by atoms with Crippen LogP contribution in [-0.2, 0) is 5.54 Å². The largest absolute Gasteiger partial charge is 0.494 e. The molecule has 0 amide bonds. The Morgan fingerprint density at radius 2 is 2.05 bits per heavy atom. The summed E-state index contributed by atoms with van der Waals surface area (Å²) in [5.41, 5.74) is 8.17. The van der Waals surface area contributed by atoms with Crippen LogP contribution in [0.25, 0.3) is 0 Å². The average Bonchev–Trinajstić information content (AvgIpc) is 2.38. The highest BCUT2D eigenvalue weighted by Crippen LogP contribution is 2.48. The van der Waals surface area contributed by atoms with Gasteiger partial charge in [0.2, 0.25) is 0 Å². The molecule has 1 aromatic rings. The lowest BCUT2D eigenvalue weighted by Crippen LogP contribution is -2.51. The molecule has 0 spiro atoms. The van der Waals surface area contributed by atoms with Crippen molar-refractivity contribution >= 4 is 0 Å². The molecule has 2 heteroatoms. The van der Waals surface area contributed by atoms with Crippen LogP contribution in [0.3, 0.4) is 0 Å². The minimum atomic E-state index is -0.219. The van der Waals surface area contributed by atoms with Crippen molar-refractivity contribution in [1.82, 2.24) is 0 Å². The lowest BCUT2D eigenvalue weighted by molar-refractivity contribution is 0.0776. The van der Waals surface area contributed by atoms with Gasteiger partial charge >= 0.3 is 0 Å². The second-order valence-electron chi connectivity index (χ2n) is 7.17. The van der Waals surface area contributed by atoms with Gasteiger partial charge in [-0.05, 0) is 48.8 Å². The molecule has 2 unspecified atom stereocenters. The molecule has 0 bridgehead atoms. The van der Waals surface area contributed by atoms with Crippen molar-refractivity contribution in [2.24, 2.45) is 17.1 Å². The Hall–Kier alpha value is -1.02. The van der Waals surface area contributed by atoms with E-state index in [1.54, 1.807) is 0 Å². The molecule has 0 aliphatic heterocycles. The molecule has 1 aromatic carbocycles. The molecule has 20 heavy (non-hydrogen) atoms. The molecular weight excluding hydrogens is 246 g/mol. The second kappa shape index (κ2) is 5.77. The molecule has 1 aliphatic carbocycles. The van der Waals surface area contributed by atoms with E-state index in [1.165, 1.54) is 24.8 Å². The second-order valence-corrected chi connectivity index (χ2v) is 7.17. The van der Waals surface area contributed by atoms with Crippen molar-refractivity contribution in [1.29, 1.82) is 0 Å². The highest BCUT2D eigenvalue weighted by Gasteiger charge is 2.44. The van der Waals surface area contributed by atoms with Crippen molar-refractivity contribution in [2.75, 3.05) is 6.61 Å². The van der Waals surface area contributed by atoms with Gasteiger partial charge in [-0.1, -0.05) is 45.7 Å². The zero-order valence-corrected chi connectivity index (χ0v) is 13.4. The molecule has 0 saturated heterocycles. The summed E-state index contributed by atoms with van der Waals surface area (Å²) < 4.78 is 5.65. The van der Waals surface area contributed by atoms with Crippen LogP contribution < -0.4 is 10.5 Å². The van der Waals surface area contributed by atoms with E-state index >= 15 is 0 Å². The van der Waals surface area contributed by atoms with E-state index in [2.05, 4.69) is 39.0 Å². The molecular formula is C18H29NO. The van der Waals surface area contributed by atoms with Gasteiger partial charge in [-0.15, -0.1) is 0 Å². The first-order valence-electron chi connectivity index (χ1n) is 7.90. The Morgan fingerprint density at radius 3 is 2.70 bits per heavy atom. The van der Waals surface area contributed by atoms with Gasteiger partial charge in [0, 0.05) is 5.54 Å². The third-order valence-electron chi connectivity index (χ3n) is 4.68. The number of rotatable bonds is 3. The van der Waals surface area contributed by atoms with Gasteiger partial charge in [0.25, 0.3) is 0 Å². The zero-order valence-electron chi connectivity index (χ0n) is 13.4. The minimum Gasteiger partial charge on any atom is -0.494 e. The Labute approximate surface area is 123 Å². The maximum Gasteiger partial charge on any atom is 0.119 e. The van der Waals surface area contributed by atoms with Gasteiger partial charge < -0.3 is 10.5 Å². The molecule has 2 atom stereocenters. The molecule has 2 nitrogen and oxygen atoms in total. The van der Waals surface area contributed by atoms with E-state index in [1.807, 2.05) is 13.0 Å². The highest BCUT2D eigenvalue weighted by molar-refractivity contribution is 5.34. The van der Waals surface area contributed by atoms with Gasteiger partial charge in [-0.2, -0.15) is 0 Å². The number of ether oxygens (including phenoxy) is 1. The van der Waals surface area contributed by atoms with Crippen molar-refractivity contribution in [3.63, 3.8) is 0 Å². The van der Waals surface area contributed by atoms with Gasteiger partial charge in [-0.3, -0.25) is 0 Å². The SMILES string of the molecule is CCOc1cccc(C2(N)CCCCC2C(C)(C)C)c1. The standard InChI is InChI=1S/C18H29NO/c1-5-20-15-10-8-9-14(13-15)18(19)12-7-6-11-16(18)17(2,3)4/h8-10,13,16H,5-7,11-12,19H2,1-4H3. The van der Waals surface area contributed by atoms with Crippen LogP contribution >= 0.6 is 0 Å². The molecule has 1 fully saturated rings. The van der Waals surface area contributed by atoms with E-state index < -0.39 is 0 Å². The van der Waals surface area contributed by atoms with Crippen LogP contribution in [-0.4, -0.2) is 6.61 Å². The Kier molecular flexibility index (Phi) is 4.43. The summed E-state index contributed by atoms with van der Waals surface area (Å²) in [5, 5.41) is 0. The maximum absolute atomic E-state index is 6.92. The van der Waals surface area contributed by atoms with E-state index in [0.29, 0.717) is 12.5 Å². The molecule has 1 aliphatic rings. The van der Waals surface area contributed by atoms with Crippen LogP contribution in [0.15, 0.2) is 24.3 Å². The average molecular weight is 275 g/mol. The number of nitrogens with two attached hydrogens (primary N) is 1. The fourth-order valence-corrected chi connectivity index (χ4v) is 3.79. The van der Waals surface area contributed by atoms with E-state index in [0.717, 1.165) is 12.2 Å². The predicted molar refractivity (Wildman–Crippen MR) is 84.9 cm³/mol. The third kappa shape index (κ3) is 3.01. The quantitative estimate of drug-likeness (QED) is 0.883. The lowest BCUT2D eigenvalue weighted by atomic mass is 9.60. The van der Waals surface area contributed by atoms with Crippen molar-refractivity contribution in [3.8, 4) is 5.75 Å². The van der Waals surface area contributed by atoms with Crippen molar-refractivity contribution in [2.45, 2.75) is 58.9 Å². The molecule has 2 N–H and O–H groups in total. The predicted octanol–water partition coefficient (Wildman–Crippen LogP) is 4.48. The van der Waals surface area contributed by atoms with Crippen LogP contribution in [0.1, 0.15) is 58.9 Å². The summed E-state index contributed by atoms with van der Waals surface area (Å²) in [6.07, 6.45) is 4.82. The number of hydrogen-bond acceptors (Lipinski definition) is 2. The summed E-state index contributed by atoms with van der Waals surface area (Å²) in [4.78, 5) is 0. The topological polar surface area (TPSA) is 35.2 Å². The maximum atomic E-state index is 6.92. The first kappa shape index (κ1) is 15.4. The zero-order chi connectivity index (χ0) is 14.8. The fraction of sp³-hybridized carbons (Fsp3) is 0.667. The smallest absolute Gasteiger partial charge is 0.119 e. The molecule has 0 aromatic heterocycles. The van der Waals surface area contributed by atoms with Crippen LogP contribution in [0.5, 0.6) is 5.75 Å². The van der Waals surface area contributed by atoms with Gasteiger partial charge in [0.1, 0.15) is 5.75 Å². The van der Waals surface area contributed by atoms with Crippen LogP contribution in [0.4, 0.5) is 0 Å². The first-order valence-corrected chi connectivity index (χ1v) is 7.90. The summed E-state index contributed by atoms with van der Waals surface area (Å²) in [7, 11) is 0. The normalized spacial score (nSPS) is 27.4. The summed E-state index contributed by atoms with van der Waals surface area (Å²) in [6, 6.07) is 8.41. The van der Waals surface area contributed by atoms with Gasteiger partial charge in [0.15, 0.2) is 0 Å². The summed E-state index contributed by atoms with van der Waals surface area (Å²) >= 11 is 0. The molecule has 1 saturated carbocycles. The molecule has 0 radical (unpaired) electrons. The van der Waals surface area contributed by atoms with E-state index in [9.17, 15) is 0 Å².